The van der Waals surface area contributed by atoms with E-state index in [1.165, 1.54) is 12.3 Å². The lowest BCUT2D eigenvalue weighted by Crippen LogP contribution is -2.49. The minimum atomic E-state index is -0.556. The average molecular weight is 515 g/mol. The van der Waals surface area contributed by atoms with Gasteiger partial charge in [-0.1, -0.05) is 17.7 Å². The van der Waals surface area contributed by atoms with Crippen LogP contribution in [0.3, 0.4) is 0 Å². The van der Waals surface area contributed by atoms with Gasteiger partial charge < -0.3 is 19.7 Å². The molecule has 0 spiro atoms. The summed E-state index contributed by atoms with van der Waals surface area (Å²) in [6.45, 7) is 12.4. The van der Waals surface area contributed by atoms with E-state index in [0.717, 1.165) is 37.6 Å². The first-order chi connectivity index (χ1) is 17.3. The highest BCUT2D eigenvalue weighted by Crippen LogP contribution is 2.39. The third-order valence-electron chi connectivity index (χ3n) is 6.34. The minimum Gasteiger partial charge on any atom is -0.492 e. The van der Waals surface area contributed by atoms with E-state index in [-0.39, 0.29) is 17.2 Å². The molecule has 0 aliphatic carbocycles. The topological polar surface area (TPSA) is 66.9 Å². The van der Waals surface area contributed by atoms with Crippen molar-refractivity contribution < 1.29 is 18.7 Å². The molecule has 0 unspecified atom stereocenters. The zero-order valence-corrected chi connectivity index (χ0v) is 21.9. The van der Waals surface area contributed by atoms with Crippen LogP contribution in [-0.4, -0.2) is 61.3 Å². The summed E-state index contributed by atoms with van der Waals surface area (Å²) in [6, 6.07) is 8.86. The maximum atomic E-state index is 14.2. The number of esters is 1. The normalized spacial score (nSPS) is 14.4. The van der Waals surface area contributed by atoms with Crippen molar-refractivity contribution in [3.8, 4) is 5.75 Å². The van der Waals surface area contributed by atoms with Gasteiger partial charge >= 0.3 is 5.97 Å². The Morgan fingerprint density at radius 1 is 1.17 bits per heavy atom. The van der Waals surface area contributed by atoms with Gasteiger partial charge in [0.1, 0.15) is 17.1 Å². The fraction of sp³-hybridized carbons (Fsp3) is 0.407. The van der Waals surface area contributed by atoms with Gasteiger partial charge in [-0.15, -0.1) is 0 Å². The number of rotatable bonds is 8. The number of ether oxygens (including phenoxy) is 2. The molecule has 3 aromatic rings. The molecule has 2 aromatic carbocycles. The van der Waals surface area contributed by atoms with E-state index >= 15 is 0 Å². The Labute approximate surface area is 216 Å². The number of carbonyl (C=O) groups is 1. The monoisotopic (exact) mass is 514 g/mol. The molecule has 0 saturated carbocycles. The molecule has 0 amide bonds. The number of nitrogens with zero attached hydrogens (tertiary/aromatic N) is 3. The van der Waals surface area contributed by atoms with Crippen LogP contribution in [0.2, 0.25) is 5.02 Å². The van der Waals surface area contributed by atoms with Crippen molar-refractivity contribution in [2.75, 3.05) is 49.6 Å². The van der Waals surface area contributed by atoms with Gasteiger partial charge in [-0.2, -0.15) is 0 Å². The summed E-state index contributed by atoms with van der Waals surface area (Å²) in [5, 5.41) is 3.81. The molecular weight excluding hydrogens is 483 g/mol. The number of anilines is 3. The number of halogens is 2. The lowest BCUT2D eigenvalue weighted by molar-refractivity contribution is 0.0527. The maximum absolute atomic E-state index is 14.2. The van der Waals surface area contributed by atoms with Crippen molar-refractivity contribution in [1.29, 1.82) is 0 Å². The number of carbonyl (C=O) groups excluding carboxylic acids is 1. The number of benzene rings is 2. The molecule has 9 heteroatoms. The lowest BCUT2D eigenvalue weighted by atomic mass is 10.1. The molecule has 2 heterocycles. The molecular formula is C27H32ClFN4O3. The van der Waals surface area contributed by atoms with Crippen molar-refractivity contribution in [2.24, 2.45) is 0 Å². The van der Waals surface area contributed by atoms with E-state index in [9.17, 15) is 9.18 Å². The Morgan fingerprint density at radius 3 is 2.58 bits per heavy atom. The highest BCUT2D eigenvalue weighted by atomic mass is 35.5. The second kappa shape index (κ2) is 11.3. The van der Waals surface area contributed by atoms with Crippen LogP contribution in [0.5, 0.6) is 5.75 Å². The first-order valence-corrected chi connectivity index (χ1v) is 12.7. The van der Waals surface area contributed by atoms with Crippen molar-refractivity contribution in [2.45, 2.75) is 33.7 Å². The Kier molecular flexibility index (Phi) is 8.16. The van der Waals surface area contributed by atoms with Crippen molar-refractivity contribution in [3.63, 3.8) is 0 Å². The van der Waals surface area contributed by atoms with Crippen LogP contribution in [-0.2, 0) is 4.74 Å². The summed E-state index contributed by atoms with van der Waals surface area (Å²) < 4.78 is 25.5. The van der Waals surface area contributed by atoms with Gasteiger partial charge in [0.05, 0.1) is 40.8 Å². The summed E-state index contributed by atoms with van der Waals surface area (Å²) in [6.07, 6.45) is 1.46. The zero-order chi connectivity index (χ0) is 25.8. The van der Waals surface area contributed by atoms with Gasteiger partial charge in [0.2, 0.25) is 0 Å². The van der Waals surface area contributed by atoms with Crippen molar-refractivity contribution in [1.82, 2.24) is 9.88 Å². The standard InChI is InChI=1S/C27H32ClFN4O3/c1-5-35-24-15-22-18(14-23(24)33-12-10-32(11-13-33)17(3)4)26(19(16-30-22)27(34)36-6-2)31-21-9-7-8-20(29)25(21)28/h7-9,14-17H,5-6,10-13H2,1-4H3,(H,30,31). The van der Waals surface area contributed by atoms with Gasteiger partial charge in [0.15, 0.2) is 0 Å². The van der Waals surface area contributed by atoms with E-state index in [4.69, 9.17) is 21.1 Å². The number of fused-ring (bicyclic) bond motifs is 1. The fourth-order valence-electron chi connectivity index (χ4n) is 4.44. The molecule has 1 saturated heterocycles. The largest absolute Gasteiger partial charge is 0.492 e. The van der Waals surface area contributed by atoms with Gasteiger partial charge in [-0.25, -0.2) is 9.18 Å². The molecule has 4 rings (SSSR count). The highest BCUT2D eigenvalue weighted by Gasteiger charge is 2.24. The Bertz CT molecular complexity index is 1250. The first-order valence-electron chi connectivity index (χ1n) is 12.3. The number of aromatic nitrogens is 1. The first kappa shape index (κ1) is 26.0. The predicted octanol–water partition coefficient (Wildman–Crippen LogP) is 5.88. The summed E-state index contributed by atoms with van der Waals surface area (Å²) in [5.41, 5.74) is 2.59. The van der Waals surface area contributed by atoms with Gasteiger partial charge in [0, 0.05) is 49.9 Å². The number of pyridine rings is 1. The number of nitrogens with one attached hydrogen (secondary N) is 1. The van der Waals surface area contributed by atoms with Crippen molar-refractivity contribution >= 4 is 45.5 Å². The molecule has 1 N–H and O–H groups in total. The maximum Gasteiger partial charge on any atom is 0.341 e. The van der Waals surface area contributed by atoms with Crippen LogP contribution in [0.25, 0.3) is 10.9 Å². The predicted molar refractivity (Wildman–Crippen MR) is 142 cm³/mol. The Balaban J connectivity index is 1.86. The van der Waals surface area contributed by atoms with Crippen LogP contribution < -0.4 is 15.0 Å². The molecule has 0 bridgehead atoms. The zero-order valence-electron chi connectivity index (χ0n) is 21.1. The molecule has 7 nitrogen and oxygen atoms in total. The molecule has 1 aliphatic rings. The smallest absolute Gasteiger partial charge is 0.341 e. The molecule has 0 atom stereocenters. The summed E-state index contributed by atoms with van der Waals surface area (Å²) in [7, 11) is 0. The molecule has 1 aromatic heterocycles. The van der Waals surface area contributed by atoms with Crippen molar-refractivity contribution in [3.05, 3.63) is 52.9 Å². The molecule has 0 radical (unpaired) electrons. The summed E-state index contributed by atoms with van der Waals surface area (Å²) >= 11 is 6.24. The third kappa shape index (κ3) is 5.34. The second-order valence-electron chi connectivity index (χ2n) is 8.88. The minimum absolute atomic E-state index is 0.0618. The van der Waals surface area contributed by atoms with E-state index in [2.05, 4.69) is 33.9 Å². The van der Waals surface area contributed by atoms with Crippen LogP contribution >= 0.6 is 11.6 Å². The molecule has 192 valence electrons. The van der Waals surface area contributed by atoms with Gasteiger partial charge in [0.25, 0.3) is 0 Å². The van der Waals surface area contributed by atoms with Crippen LogP contribution in [0.1, 0.15) is 38.1 Å². The molecule has 1 aliphatic heterocycles. The van der Waals surface area contributed by atoms with Crippen LogP contribution in [0, 0.1) is 5.82 Å². The fourth-order valence-corrected chi connectivity index (χ4v) is 4.61. The van der Waals surface area contributed by atoms with E-state index in [1.54, 1.807) is 19.1 Å². The van der Waals surface area contributed by atoms with Gasteiger partial charge in [-0.05, 0) is 45.9 Å². The summed E-state index contributed by atoms with van der Waals surface area (Å²) in [4.78, 5) is 22.1. The number of hydrogen-bond acceptors (Lipinski definition) is 7. The van der Waals surface area contributed by atoms with E-state index < -0.39 is 11.8 Å². The molecule has 36 heavy (non-hydrogen) atoms. The average Bonchev–Trinajstić information content (AvgIpc) is 2.87. The van der Waals surface area contributed by atoms with Crippen LogP contribution in [0.4, 0.5) is 21.5 Å². The molecule has 1 fully saturated rings. The quantitative estimate of drug-likeness (QED) is 0.377. The second-order valence-corrected chi connectivity index (χ2v) is 9.26. The Morgan fingerprint density at radius 2 is 1.92 bits per heavy atom. The third-order valence-corrected chi connectivity index (χ3v) is 6.72. The Hall–Kier alpha value is -3.10. The summed E-state index contributed by atoms with van der Waals surface area (Å²) in [5.74, 6) is -0.350. The van der Waals surface area contributed by atoms with E-state index in [1.807, 2.05) is 19.1 Å². The number of hydrogen-bond donors (Lipinski definition) is 1. The van der Waals surface area contributed by atoms with Crippen LogP contribution in [0.15, 0.2) is 36.5 Å². The van der Waals surface area contributed by atoms with Gasteiger partial charge in [-0.3, -0.25) is 9.88 Å². The van der Waals surface area contributed by atoms with E-state index in [0.29, 0.717) is 34.9 Å². The lowest BCUT2D eigenvalue weighted by Gasteiger charge is -2.38. The number of piperazine rings is 1. The highest BCUT2D eigenvalue weighted by molar-refractivity contribution is 6.33. The SMILES string of the molecule is CCOC(=O)c1cnc2cc(OCC)c(N3CCN(C(C)C)CC3)cc2c1Nc1cccc(F)c1Cl.